The zero-order valence-electron chi connectivity index (χ0n) is 9.68. The summed E-state index contributed by atoms with van der Waals surface area (Å²) in [6.45, 7) is 2.20. The van der Waals surface area contributed by atoms with Crippen LogP contribution in [-0.2, 0) is 6.42 Å². The molecule has 16 heavy (non-hydrogen) atoms. The third-order valence-corrected chi connectivity index (χ3v) is 4.18. The van der Waals surface area contributed by atoms with Crippen molar-refractivity contribution in [2.75, 3.05) is 0 Å². The van der Waals surface area contributed by atoms with Gasteiger partial charge in [0.2, 0.25) is 0 Å². The molecule has 1 aromatic rings. The molecule has 1 aliphatic rings. The molecular weight excluding hydrogens is 216 g/mol. The number of thiophene rings is 1. The maximum absolute atomic E-state index is 7.49. The summed E-state index contributed by atoms with van der Waals surface area (Å²) in [6.07, 6.45) is 8.27. The van der Waals surface area contributed by atoms with Crippen molar-refractivity contribution in [2.24, 2.45) is 5.73 Å². The molecule has 0 spiro atoms. The number of aryl methyl sites for hydroxylation is 1. The van der Waals surface area contributed by atoms with E-state index in [1.165, 1.54) is 35.3 Å². The van der Waals surface area contributed by atoms with Crippen molar-refractivity contribution >= 4 is 22.7 Å². The van der Waals surface area contributed by atoms with E-state index in [-0.39, 0.29) is 5.84 Å². The minimum absolute atomic E-state index is 0.203. The lowest BCUT2D eigenvalue weighted by molar-refractivity contribution is 0.831. The Bertz CT molecular complexity index is 429. The number of nitrogens with one attached hydrogen (secondary N) is 1. The summed E-state index contributed by atoms with van der Waals surface area (Å²) in [5.41, 5.74) is 8.37. The molecule has 0 bridgehead atoms. The maximum atomic E-state index is 7.49. The Morgan fingerprint density at radius 3 is 3.06 bits per heavy atom. The molecule has 0 atom stereocenters. The smallest absolute Gasteiger partial charge is 0.133 e. The van der Waals surface area contributed by atoms with E-state index < -0.39 is 0 Å². The predicted octanol–water partition coefficient (Wildman–Crippen LogP) is 3.55. The lowest BCUT2D eigenvalue weighted by Crippen LogP contribution is -2.08. The highest BCUT2D eigenvalue weighted by Gasteiger charge is 2.18. The molecule has 1 aromatic heterocycles. The second-order valence-corrected chi connectivity index (χ2v) is 5.37. The van der Waals surface area contributed by atoms with E-state index in [9.17, 15) is 0 Å². The van der Waals surface area contributed by atoms with Crippen LogP contribution in [0.4, 0.5) is 0 Å². The predicted molar refractivity (Wildman–Crippen MR) is 71.2 cm³/mol. The molecular formula is C13H18N2S. The summed E-state index contributed by atoms with van der Waals surface area (Å²) in [4.78, 5) is 2.34. The van der Waals surface area contributed by atoms with Gasteiger partial charge in [0.15, 0.2) is 0 Å². The lowest BCUT2D eigenvalue weighted by atomic mass is 9.92. The van der Waals surface area contributed by atoms with Crippen molar-refractivity contribution in [2.45, 2.75) is 39.0 Å². The number of rotatable bonds is 3. The number of fused-ring (bicyclic) bond motifs is 1. The number of hydrogen-bond acceptors (Lipinski definition) is 2. The average molecular weight is 234 g/mol. The van der Waals surface area contributed by atoms with Crippen molar-refractivity contribution in [3.8, 4) is 0 Å². The zero-order chi connectivity index (χ0) is 11.5. The molecule has 0 amide bonds. The maximum Gasteiger partial charge on any atom is 0.133 e. The summed E-state index contributed by atoms with van der Waals surface area (Å²) in [7, 11) is 0. The molecule has 0 fully saturated rings. The highest BCUT2D eigenvalue weighted by atomic mass is 32.1. The van der Waals surface area contributed by atoms with Crippen LogP contribution in [0.15, 0.2) is 12.1 Å². The van der Waals surface area contributed by atoms with Crippen LogP contribution in [0.2, 0.25) is 0 Å². The summed E-state index contributed by atoms with van der Waals surface area (Å²) < 4.78 is 0. The quantitative estimate of drug-likeness (QED) is 0.610. The second-order valence-electron chi connectivity index (χ2n) is 4.23. The van der Waals surface area contributed by atoms with Crippen LogP contribution in [-0.4, -0.2) is 5.84 Å². The first kappa shape index (κ1) is 11.4. The Morgan fingerprint density at radius 1 is 1.56 bits per heavy atom. The SMILES string of the molecule is CCCC=C1CCCc2sc(C(=N)N)cc21. The lowest BCUT2D eigenvalue weighted by Gasteiger charge is -2.14. The molecule has 0 radical (unpaired) electrons. The first-order valence-electron chi connectivity index (χ1n) is 5.89. The molecule has 2 nitrogen and oxygen atoms in total. The van der Waals surface area contributed by atoms with Crippen molar-refractivity contribution < 1.29 is 0 Å². The first-order chi connectivity index (χ1) is 7.72. The Morgan fingerprint density at radius 2 is 2.38 bits per heavy atom. The topological polar surface area (TPSA) is 49.9 Å². The number of amidine groups is 1. The molecule has 0 unspecified atom stereocenters. The largest absolute Gasteiger partial charge is 0.383 e. The fourth-order valence-electron chi connectivity index (χ4n) is 2.12. The van der Waals surface area contributed by atoms with Crippen LogP contribution in [0.3, 0.4) is 0 Å². The number of nitrogen functional groups attached to an aromatic ring is 1. The van der Waals surface area contributed by atoms with Crippen molar-refractivity contribution in [1.29, 1.82) is 5.41 Å². The summed E-state index contributed by atoms with van der Waals surface area (Å²) >= 11 is 1.69. The van der Waals surface area contributed by atoms with E-state index >= 15 is 0 Å². The van der Waals surface area contributed by atoms with Crippen LogP contribution >= 0.6 is 11.3 Å². The van der Waals surface area contributed by atoms with Crippen LogP contribution in [0, 0.1) is 5.41 Å². The van der Waals surface area contributed by atoms with Gasteiger partial charge in [-0.25, -0.2) is 0 Å². The van der Waals surface area contributed by atoms with Gasteiger partial charge in [-0.05, 0) is 42.9 Å². The third-order valence-electron chi connectivity index (χ3n) is 2.95. The fraction of sp³-hybridized carbons (Fsp3) is 0.462. The van der Waals surface area contributed by atoms with Gasteiger partial charge in [0.05, 0.1) is 4.88 Å². The van der Waals surface area contributed by atoms with Crippen LogP contribution in [0.25, 0.3) is 5.57 Å². The third kappa shape index (κ3) is 2.19. The number of allylic oxidation sites excluding steroid dienone is 2. The van der Waals surface area contributed by atoms with Crippen molar-refractivity contribution in [3.63, 3.8) is 0 Å². The van der Waals surface area contributed by atoms with E-state index in [0.29, 0.717) is 0 Å². The van der Waals surface area contributed by atoms with Crippen LogP contribution in [0.5, 0.6) is 0 Å². The van der Waals surface area contributed by atoms with E-state index in [1.807, 2.05) is 0 Å². The Labute approximate surface area is 101 Å². The summed E-state index contributed by atoms with van der Waals surface area (Å²) in [5, 5.41) is 7.49. The van der Waals surface area contributed by atoms with Gasteiger partial charge in [0.25, 0.3) is 0 Å². The monoisotopic (exact) mass is 234 g/mol. The van der Waals surface area contributed by atoms with E-state index in [1.54, 1.807) is 11.3 Å². The molecule has 0 aliphatic heterocycles. The van der Waals surface area contributed by atoms with Gasteiger partial charge in [-0.3, -0.25) is 5.41 Å². The Kier molecular flexibility index (Phi) is 3.44. The van der Waals surface area contributed by atoms with Gasteiger partial charge in [-0.1, -0.05) is 19.4 Å². The Hall–Kier alpha value is -1.09. The molecule has 86 valence electrons. The number of nitrogens with two attached hydrogens (primary N) is 1. The summed E-state index contributed by atoms with van der Waals surface area (Å²) in [5.74, 6) is 0.203. The molecule has 1 heterocycles. The molecule has 0 saturated heterocycles. The number of hydrogen-bond donors (Lipinski definition) is 2. The molecule has 3 heteroatoms. The van der Waals surface area contributed by atoms with Crippen molar-refractivity contribution in [1.82, 2.24) is 0 Å². The van der Waals surface area contributed by atoms with Gasteiger partial charge in [0.1, 0.15) is 5.84 Å². The molecule has 0 saturated carbocycles. The highest BCUT2D eigenvalue weighted by molar-refractivity contribution is 7.14. The highest BCUT2D eigenvalue weighted by Crippen LogP contribution is 2.36. The van der Waals surface area contributed by atoms with Gasteiger partial charge < -0.3 is 5.73 Å². The van der Waals surface area contributed by atoms with Gasteiger partial charge in [0, 0.05) is 4.88 Å². The Balaban J connectivity index is 2.34. The molecule has 0 aromatic carbocycles. The van der Waals surface area contributed by atoms with Crippen molar-refractivity contribution in [3.05, 3.63) is 27.5 Å². The fourth-order valence-corrected chi connectivity index (χ4v) is 3.22. The van der Waals surface area contributed by atoms with Gasteiger partial charge in [-0.2, -0.15) is 0 Å². The minimum atomic E-state index is 0.203. The second kappa shape index (κ2) is 4.83. The zero-order valence-corrected chi connectivity index (χ0v) is 10.5. The minimum Gasteiger partial charge on any atom is -0.383 e. The van der Waals surface area contributed by atoms with Gasteiger partial charge >= 0.3 is 0 Å². The normalized spacial score (nSPS) is 17.4. The molecule has 3 N–H and O–H groups in total. The standard InChI is InChI=1S/C13H18N2S/c1-2-3-5-9-6-4-7-11-10(9)8-12(16-11)13(14)15/h5,8H,2-4,6-7H2,1H3,(H3,14,15). The van der Waals surface area contributed by atoms with E-state index in [4.69, 9.17) is 11.1 Å². The first-order valence-corrected chi connectivity index (χ1v) is 6.70. The average Bonchev–Trinajstić information content (AvgIpc) is 2.70. The molecule has 2 rings (SSSR count). The van der Waals surface area contributed by atoms with Gasteiger partial charge in [-0.15, -0.1) is 11.3 Å². The van der Waals surface area contributed by atoms with Crippen LogP contribution in [0.1, 0.15) is 47.9 Å². The van der Waals surface area contributed by atoms with Crippen LogP contribution < -0.4 is 5.73 Å². The van der Waals surface area contributed by atoms with E-state index in [2.05, 4.69) is 19.1 Å². The molecule has 1 aliphatic carbocycles. The van der Waals surface area contributed by atoms with E-state index in [0.717, 1.165) is 17.7 Å². The number of unbranched alkanes of at least 4 members (excludes halogenated alkanes) is 1. The summed E-state index contributed by atoms with van der Waals surface area (Å²) in [6, 6.07) is 2.10.